The minimum absolute atomic E-state index is 0.0426. The summed E-state index contributed by atoms with van der Waals surface area (Å²) in [5.74, 6) is -2.07. The number of aromatic nitrogens is 2. The lowest BCUT2D eigenvalue weighted by Crippen LogP contribution is -2.57. The number of unbranched alkanes of at least 4 members (excludes halogenated alkanes) is 1. The first-order chi connectivity index (χ1) is 17.1. The molecule has 1 rings (SSSR count). The molecule has 0 saturated heterocycles. The molecule has 204 valence electrons. The molecule has 1 heterocycles. The van der Waals surface area contributed by atoms with Crippen molar-refractivity contribution >= 4 is 35.5 Å². The first-order valence-electron chi connectivity index (χ1n) is 12.1. The Bertz CT molecular complexity index is 822. The lowest BCUT2D eigenvalue weighted by atomic mass is 10.0. The molecule has 1 aromatic rings. The second kappa shape index (κ2) is 16.9. The van der Waals surface area contributed by atoms with E-state index in [1.54, 1.807) is 11.8 Å². The summed E-state index contributed by atoms with van der Waals surface area (Å²) in [6, 6.07) is -3.88. The van der Waals surface area contributed by atoms with E-state index in [2.05, 4.69) is 25.9 Å². The van der Waals surface area contributed by atoms with Crippen LogP contribution >= 0.6 is 11.8 Å². The van der Waals surface area contributed by atoms with Gasteiger partial charge in [-0.05, 0) is 56.6 Å². The number of nitrogens with zero attached hydrogens (tertiary/aromatic N) is 1. The highest BCUT2D eigenvalue weighted by Gasteiger charge is 2.30. The molecule has 3 amide bonds. The fourth-order valence-electron chi connectivity index (χ4n) is 3.48. The molecule has 0 saturated carbocycles. The predicted octanol–water partition coefficient (Wildman–Crippen LogP) is -0.253. The van der Waals surface area contributed by atoms with Crippen molar-refractivity contribution in [3.8, 4) is 0 Å². The number of carboxylic acid groups (broad SMARTS) is 1. The first-order valence-corrected chi connectivity index (χ1v) is 13.5. The van der Waals surface area contributed by atoms with Gasteiger partial charge in [-0.1, -0.05) is 13.8 Å². The van der Waals surface area contributed by atoms with Crippen molar-refractivity contribution < 1.29 is 24.3 Å². The van der Waals surface area contributed by atoms with E-state index in [4.69, 9.17) is 11.5 Å². The number of carboxylic acids is 1. The summed E-state index contributed by atoms with van der Waals surface area (Å²) < 4.78 is 0. The smallest absolute Gasteiger partial charge is 0.326 e. The van der Waals surface area contributed by atoms with Crippen LogP contribution in [-0.2, 0) is 25.6 Å². The Labute approximate surface area is 216 Å². The number of carbonyl (C=O) groups is 4. The van der Waals surface area contributed by atoms with E-state index in [1.807, 2.05) is 20.1 Å². The molecule has 0 aliphatic rings. The van der Waals surface area contributed by atoms with Crippen molar-refractivity contribution in [1.82, 2.24) is 25.9 Å². The molecular formula is C23H41N7O5S. The van der Waals surface area contributed by atoms with Crippen molar-refractivity contribution in [2.75, 3.05) is 18.6 Å². The molecule has 4 atom stereocenters. The number of hydrogen-bond donors (Lipinski definition) is 7. The normalized spacial score (nSPS) is 14.5. The van der Waals surface area contributed by atoms with Crippen LogP contribution in [-0.4, -0.2) is 81.5 Å². The monoisotopic (exact) mass is 527 g/mol. The Morgan fingerprint density at radius 2 is 1.67 bits per heavy atom. The maximum absolute atomic E-state index is 13.3. The van der Waals surface area contributed by atoms with E-state index in [9.17, 15) is 24.3 Å². The number of aromatic amines is 1. The van der Waals surface area contributed by atoms with Crippen molar-refractivity contribution in [2.45, 2.75) is 76.5 Å². The maximum atomic E-state index is 13.3. The van der Waals surface area contributed by atoms with Crippen molar-refractivity contribution in [3.05, 3.63) is 18.2 Å². The first kappa shape index (κ1) is 31.4. The summed E-state index contributed by atoms with van der Waals surface area (Å²) in [5, 5.41) is 17.4. The number of carbonyl (C=O) groups excluding carboxylic acids is 3. The van der Waals surface area contributed by atoms with E-state index in [1.165, 1.54) is 12.5 Å². The molecule has 0 bridgehead atoms. The summed E-state index contributed by atoms with van der Waals surface area (Å²) in [7, 11) is 0. The van der Waals surface area contributed by atoms with Crippen LogP contribution in [0.3, 0.4) is 0 Å². The van der Waals surface area contributed by atoms with E-state index in [0.717, 1.165) is 0 Å². The number of nitrogens with two attached hydrogens (primary N) is 2. The number of amides is 3. The third kappa shape index (κ3) is 11.9. The summed E-state index contributed by atoms with van der Waals surface area (Å²) >= 11 is 1.56. The van der Waals surface area contributed by atoms with Gasteiger partial charge in [0.05, 0.1) is 12.4 Å². The fourth-order valence-corrected chi connectivity index (χ4v) is 3.97. The summed E-state index contributed by atoms with van der Waals surface area (Å²) in [4.78, 5) is 57.4. The highest BCUT2D eigenvalue weighted by Crippen LogP contribution is 2.09. The zero-order valence-corrected chi connectivity index (χ0v) is 22.1. The third-order valence-electron chi connectivity index (χ3n) is 5.48. The molecule has 36 heavy (non-hydrogen) atoms. The van der Waals surface area contributed by atoms with Gasteiger partial charge in [-0.3, -0.25) is 14.4 Å². The van der Waals surface area contributed by atoms with Crippen molar-refractivity contribution in [1.29, 1.82) is 0 Å². The number of aliphatic carboxylic acids is 1. The van der Waals surface area contributed by atoms with Gasteiger partial charge in [0.2, 0.25) is 17.7 Å². The topological polar surface area (TPSA) is 205 Å². The zero-order valence-electron chi connectivity index (χ0n) is 21.3. The Kier molecular flexibility index (Phi) is 14.8. The average Bonchev–Trinajstić information content (AvgIpc) is 3.33. The van der Waals surface area contributed by atoms with Crippen LogP contribution in [0, 0.1) is 5.92 Å². The largest absolute Gasteiger partial charge is 0.480 e. The van der Waals surface area contributed by atoms with Gasteiger partial charge in [-0.2, -0.15) is 11.8 Å². The maximum Gasteiger partial charge on any atom is 0.326 e. The lowest BCUT2D eigenvalue weighted by Gasteiger charge is -2.25. The molecule has 1 aromatic heterocycles. The number of imidazole rings is 1. The lowest BCUT2D eigenvalue weighted by molar-refractivity contribution is -0.142. The SMILES string of the molecule is CSCCC(N)C(=O)NC(Cc1cnc[nH]1)C(=O)NC(CCCCN)C(=O)NC(CC(C)C)C(=O)O. The van der Waals surface area contributed by atoms with Gasteiger partial charge in [0.15, 0.2) is 0 Å². The molecule has 0 aliphatic carbocycles. The van der Waals surface area contributed by atoms with Gasteiger partial charge in [-0.15, -0.1) is 0 Å². The van der Waals surface area contributed by atoms with E-state index < -0.39 is 47.9 Å². The summed E-state index contributed by atoms with van der Waals surface area (Å²) in [6.07, 6.45) is 7.15. The van der Waals surface area contributed by atoms with Crippen LogP contribution in [0.15, 0.2) is 12.5 Å². The van der Waals surface area contributed by atoms with Crippen LogP contribution in [0.4, 0.5) is 0 Å². The second-order valence-corrected chi connectivity index (χ2v) is 10.1. The number of thioether (sulfide) groups is 1. The van der Waals surface area contributed by atoms with Crippen LogP contribution in [0.5, 0.6) is 0 Å². The number of H-pyrrole nitrogens is 1. The minimum Gasteiger partial charge on any atom is -0.480 e. The molecule has 0 spiro atoms. The summed E-state index contributed by atoms with van der Waals surface area (Å²) in [5.41, 5.74) is 12.2. The quantitative estimate of drug-likeness (QED) is 0.125. The Balaban J connectivity index is 3.02. The molecule has 12 nitrogen and oxygen atoms in total. The van der Waals surface area contributed by atoms with Gasteiger partial charge in [0.1, 0.15) is 18.1 Å². The zero-order chi connectivity index (χ0) is 27.1. The summed E-state index contributed by atoms with van der Waals surface area (Å²) in [6.45, 7) is 4.13. The Morgan fingerprint density at radius 1 is 1.03 bits per heavy atom. The average molecular weight is 528 g/mol. The predicted molar refractivity (Wildman–Crippen MR) is 139 cm³/mol. The van der Waals surface area contributed by atoms with Crippen LogP contribution in [0.25, 0.3) is 0 Å². The highest BCUT2D eigenvalue weighted by atomic mass is 32.2. The molecule has 13 heteroatoms. The minimum atomic E-state index is -1.15. The van der Waals surface area contributed by atoms with E-state index in [0.29, 0.717) is 37.3 Å². The van der Waals surface area contributed by atoms with Crippen LogP contribution in [0.1, 0.15) is 51.6 Å². The molecule has 0 radical (unpaired) electrons. The molecule has 0 fully saturated rings. The van der Waals surface area contributed by atoms with Crippen molar-refractivity contribution in [3.63, 3.8) is 0 Å². The van der Waals surface area contributed by atoms with Gasteiger partial charge in [0.25, 0.3) is 0 Å². The molecule has 0 aromatic carbocycles. The molecular weight excluding hydrogens is 486 g/mol. The van der Waals surface area contributed by atoms with Crippen LogP contribution in [0.2, 0.25) is 0 Å². The molecule has 4 unspecified atom stereocenters. The van der Waals surface area contributed by atoms with Gasteiger partial charge in [-0.25, -0.2) is 9.78 Å². The van der Waals surface area contributed by atoms with E-state index in [-0.39, 0.29) is 25.2 Å². The fraction of sp³-hybridized carbons (Fsp3) is 0.696. The number of nitrogens with one attached hydrogen (secondary N) is 4. The standard InChI is InChI=1S/C23H41N7O5S/c1-14(2)10-19(23(34)35)30-21(32)17(6-4-5-8-24)28-22(33)18(11-15-12-26-13-27-15)29-20(31)16(25)7-9-36-3/h12-14,16-19H,4-11,24-25H2,1-3H3,(H,26,27)(H,28,33)(H,29,31)(H,30,32)(H,34,35). The Morgan fingerprint density at radius 3 is 2.22 bits per heavy atom. The second-order valence-electron chi connectivity index (χ2n) is 9.10. The van der Waals surface area contributed by atoms with Gasteiger partial charge >= 0.3 is 5.97 Å². The van der Waals surface area contributed by atoms with E-state index >= 15 is 0 Å². The number of rotatable bonds is 18. The molecule has 0 aliphatic heterocycles. The third-order valence-corrected chi connectivity index (χ3v) is 6.13. The number of hydrogen-bond acceptors (Lipinski definition) is 8. The molecule has 9 N–H and O–H groups in total. The van der Waals surface area contributed by atoms with Crippen LogP contribution < -0.4 is 27.4 Å². The van der Waals surface area contributed by atoms with Crippen molar-refractivity contribution in [2.24, 2.45) is 17.4 Å². The van der Waals surface area contributed by atoms with Gasteiger partial charge < -0.3 is 37.5 Å². The highest BCUT2D eigenvalue weighted by molar-refractivity contribution is 7.98. The Hall–Kier alpha value is -2.64. The van der Waals surface area contributed by atoms with Gasteiger partial charge in [0, 0.05) is 18.3 Å².